The molecule has 3 rings (SSSR count). The van der Waals surface area contributed by atoms with Crippen LogP contribution in [0.5, 0.6) is 5.75 Å². The summed E-state index contributed by atoms with van der Waals surface area (Å²) in [5.41, 5.74) is 8.29. The number of piperidine rings is 1. The van der Waals surface area contributed by atoms with Gasteiger partial charge in [-0.25, -0.2) is 0 Å². The lowest BCUT2D eigenvalue weighted by molar-refractivity contribution is -0.122. The van der Waals surface area contributed by atoms with Crippen LogP contribution >= 0.6 is 0 Å². The number of nitrogens with two attached hydrogens (primary N) is 1. The number of amides is 1. The van der Waals surface area contributed by atoms with Gasteiger partial charge in [0.2, 0.25) is 5.91 Å². The molecule has 2 unspecified atom stereocenters. The summed E-state index contributed by atoms with van der Waals surface area (Å²) < 4.78 is 5.31. The number of nitrogens with one attached hydrogen (secondary N) is 1. The molecule has 2 aromatic carbocycles. The van der Waals surface area contributed by atoms with E-state index in [0.29, 0.717) is 6.42 Å². The molecule has 0 aliphatic carbocycles. The fraction of sp³-hybridized carbons (Fsp3) is 0.381. The molecule has 2 aromatic rings. The Morgan fingerprint density at radius 2 is 2.08 bits per heavy atom. The molecule has 1 aliphatic rings. The normalized spacial score (nSPS) is 18.2. The lowest BCUT2D eigenvalue weighted by Crippen LogP contribution is -2.48. The second-order valence-electron chi connectivity index (χ2n) is 6.78. The Labute approximate surface area is 155 Å². The van der Waals surface area contributed by atoms with Crippen LogP contribution in [-0.4, -0.2) is 32.1 Å². The van der Waals surface area contributed by atoms with Gasteiger partial charge in [0.25, 0.3) is 0 Å². The molecule has 138 valence electrons. The average molecular weight is 353 g/mol. The Morgan fingerprint density at radius 1 is 1.27 bits per heavy atom. The highest BCUT2D eigenvalue weighted by Crippen LogP contribution is 2.24. The Kier molecular flexibility index (Phi) is 6.12. The van der Waals surface area contributed by atoms with E-state index in [1.54, 1.807) is 7.11 Å². The lowest BCUT2D eigenvalue weighted by Gasteiger charge is -2.35. The highest BCUT2D eigenvalue weighted by Gasteiger charge is 2.22. The summed E-state index contributed by atoms with van der Waals surface area (Å²) in [6, 6.07) is 17.7. The zero-order chi connectivity index (χ0) is 18.4. The van der Waals surface area contributed by atoms with Crippen molar-refractivity contribution in [3.63, 3.8) is 0 Å². The van der Waals surface area contributed by atoms with Crippen molar-refractivity contribution in [3.05, 3.63) is 60.2 Å². The quantitative estimate of drug-likeness (QED) is 0.838. The van der Waals surface area contributed by atoms with Crippen molar-refractivity contribution in [1.29, 1.82) is 0 Å². The van der Waals surface area contributed by atoms with Crippen molar-refractivity contribution in [2.75, 3.05) is 25.1 Å². The first-order chi connectivity index (χ1) is 12.7. The van der Waals surface area contributed by atoms with E-state index in [-0.39, 0.29) is 18.0 Å². The summed E-state index contributed by atoms with van der Waals surface area (Å²) in [6.07, 6.45) is 2.35. The zero-order valence-electron chi connectivity index (χ0n) is 15.2. The van der Waals surface area contributed by atoms with Gasteiger partial charge in [-0.1, -0.05) is 36.4 Å². The van der Waals surface area contributed by atoms with Gasteiger partial charge in [-0.3, -0.25) is 4.79 Å². The van der Waals surface area contributed by atoms with Crippen LogP contribution in [0.2, 0.25) is 0 Å². The molecule has 1 amide bonds. The predicted molar refractivity (Wildman–Crippen MR) is 104 cm³/mol. The fourth-order valence-electron chi connectivity index (χ4n) is 3.44. The molecule has 1 fully saturated rings. The minimum Gasteiger partial charge on any atom is -0.497 e. The molecule has 1 heterocycles. The molecule has 2 atom stereocenters. The summed E-state index contributed by atoms with van der Waals surface area (Å²) in [6.45, 7) is 1.79. The monoisotopic (exact) mass is 353 g/mol. The summed E-state index contributed by atoms with van der Waals surface area (Å²) in [7, 11) is 1.67. The maximum atomic E-state index is 12.4. The molecular formula is C21H27N3O2. The average Bonchev–Trinajstić information content (AvgIpc) is 2.69. The largest absolute Gasteiger partial charge is 0.497 e. The SMILES string of the molecule is COc1cccc(N2CCCC(NC(=O)CC(N)c3ccccc3)C2)c1. The summed E-state index contributed by atoms with van der Waals surface area (Å²) in [5.74, 6) is 0.862. The molecule has 3 N–H and O–H groups in total. The molecule has 0 saturated carbocycles. The molecule has 0 radical (unpaired) electrons. The van der Waals surface area contributed by atoms with Crippen LogP contribution in [-0.2, 0) is 4.79 Å². The predicted octanol–water partition coefficient (Wildman–Crippen LogP) is 2.87. The molecule has 1 aliphatic heterocycles. The van der Waals surface area contributed by atoms with Gasteiger partial charge in [-0.2, -0.15) is 0 Å². The van der Waals surface area contributed by atoms with Crippen LogP contribution < -0.4 is 20.7 Å². The number of ether oxygens (including phenoxy) is 1. The number of hydrogen-bond acceptors (Lipinski definition) is 4. The second kappa shape index (κ2) is 8.72. The van der Waals surface area contributed by atoms with Gasteiger partial charge in [0.15, 0.2) is 0 Å². The molecular weight excluding hydrogens is 326 g/mol. The number of carbonyl (C=O) groups is 1. The maximum Gasteiger partial charge on any atom is 0.222 e. The number of carbonyl (C=O) groups excluding carboxylic acids is 1. The van der Waals surface area contributed by atoms with Crippen molar-refractivity contribution in [3.8, 4) is 5.75 Å². The first-order valence-electron chi connectivity index (χ1n) is 9.14. The van der Waals surface area contributed by atoms with Crippen LogP contribution in [0, 0.1) is 0 Å². The number of rotatable bonds is 6. The number of benzene rings is 2. The van der Waals surface area contributed by atoms with Crippen LogP contribution in [0.25, 0.3) is 0 Å². The topological polar surface area (TPSA) is 67.6 Å². The van der Waals surface area contributed by atoms with Gasteiger partial charge in [0.1, 0.15) is 5.75 Å². The smallest absolute Gasteiger partial charge is 0.222 e. The van der Waals surface area contributed by atoms with Gasteiger partial charge in [0.05, 0.1) is 7.11 Å². The van der Waals surface area contributed by atoms with Gasteiger partial charge in [0, 0.05) is 43.3 Å². The standard InChI is InChI=1S/C21H27N3O2/c1-26-19-11-5-10-18(13-19)24-12-6-9-17(15-24)23-21(25)14-20(22)16-7-3-2-4-8-16/h2-5,7-8,10-11,13,17,20H,6,9,12,14-15,22H2,1H3,(H,23,25). The van der Waals surface area contributed by atoms with Crippen LogP contribution in [0.4, 0.5) is 5.69 Å². The Hall–Kier alpha value is -2.53. The van der Waals surface area contributed by atoms with Crippen molar-refractivity contribution in [1.82, 2.24) is 5.32 Å². The van der Waals surface area contributed by atoms with E-state index in [4.69, 9.17) is 10.5 Å². The Bertz CT molecular complexity index is 720. The first-order valence-corrected chi connectivity index (χ1v) is 9.14. The van der Waals surface area contributed by atoms with Crippen molar-refractivity contribution in [2.24, 2.45) is 5.73 Å². The molecule has 5 heteroatoms. The van der Waals surface area contributed by atoms with Crippen molar-refractivity contribution < 1.29 is 9.53 Å². The maximum absolute atomic E-state index is 12.4. The highest BCUT2D eigenvalue weighted by molar-refractivity contribution is 5.77. The number of nitrogens with zero attached hydrogens (tertiary/aromatic N) is 1. The van der Waals surface area contributed by atoms with Crippen LogP contribution in [0.1, 0.15) is 30.9 Å². The van der Waals surface area contributed by atoms with E-state index in [1.807, 2.05) is 48.5 Å². The first kappa shape index (κ1) is 18.3. The number of methoxy groups -OCH3 is 1. The second-order valence-corrected chi connectivity index (χ2v) is 6.78. The van der Waals surface area contributed by atoms with Crippen molar-refractivity contribution >= 4 is 11.6 Å². The third-order valence-electron chi connectivity index (χ3n) is 4.84. The zero-order valence-corrected chi connectivity index (χ0v) is 15.2. The van der Waals surface area contributed by atoms with Crippen molar-refractivity contribution in [2.45, 2.75) is 31.3 Å². The third-order valence-corrected chi connectivity index (χ3v) is 4.84. The molecule has 1 saturated heterocycles. The minimum absolute atomic E-state index is 0.0128. The van der Waals surface area contributed by atoms with E-state index < -0.39 is 0 Å². The highest BCUT2D eigenvalue weighted by atomic mass is 16.5. The molecule has 0 bridgehead atoms. The van der Waals surface area contributed by atoms with Crippen LogP contribution in [0.15, 0.2) is 54.6 Å². The van der Waals surface area contributed by atoms with E-state index in [2.05, 4.69) is 16.3 Å². The van der Waals surface area contributed by atoms with E-state index in [9.17, 15) is 4.79 Å². The van der Waals surface area contributed by atoms with Gasteiger partial charge in [-0.05, 0) is 30.5 Å². The summed E-state index contributed by atoms with van der Waals surface area (Å²) in [4.78, 5) is 14.7. The molecule has 26 heavy (non-hydrogen) atoms. The van der Waals surface area contributed by atoms with E-state index >= 15 is 0 Å². The lowest BCUT2D eigenvalue weighted by atomic mass is 10.0. The van der Waals surface area contributed by atoms with E-state index in [1.165, 1.54) is 0 Å². The van der Waals surface area contributed by atoms with Gasteiger partial charge >= 0.3 is 0 Å². The fourth-order valence-corrected chi connectivity index (χ4v) is 3.44. The summed E-state index contributed by atoms with van der Waals surface area (Å²) in [5, 5.41) is 3.16. The summed E-state index contributed by atoms with van der Waals surface area (Å²) >= 11 is 0. The molecule has 5 nitrogen and oxygen atoms in total. The minimum atomic E-state index is -0.269. The third kappa shape index (κ3) is 4.76. The number of anilines is 1. The molecule has 0 spiro atoms. The van der Waals surface area contributed by atoms with Gasteiger partial charge in [-0.15, -0.1) is 0 Å². The number of hydrogen-bond donors (Lipinski definition) is 2. The Balaban J connectivity index is 1.55. The van der Waals surface area contributed by atoms with E-state index in [0.717, 1.165) is 42.9 Å². The van der Waals surface area contributed by atoms with Gasteiger partial charge < -0.3 is 20.7 Å². The molecule has 0 aromatic heterocycles. The van der Waals surface area contributed by atoms with Crippen LogP contribution in [0.3, 0.4) is 0 Å². The Morgan fingerprint density at radius 3 is 2.85 bits per heavy atom.